The zero-order valence-corrected chi connectivity index (χ0v) is 10.0. The van der Waals surface area contributed by atoms with E-state index in [-0.39, 0.29) is 11.6 Å². The van der Waals surface area contributed by atoms with Crippen LogP contribution in [0.2, 0.25) is 0 Å². The van der Waals surface area contributed by atoms with Gasteiger partial charge in [-0.2, -0.15) is 0 Å². The molecule has 2 rings (SSSR count). The lowest BCUT2D eigenvalue weighted by Gasteiger charge is -2.08. The van der Waals surface area contributed by atoms with Gasteiger partial charge in [-0.15, -0.1) is 0 Å². The Labute approximate surface area is 104 Å². The summed E-state index contributed by atoms with van der Waals surface area (Å²) in [6, 6.07) is 5.83. The number of rotatable bonds is 3. The first-order valence-electron chi connectivity index (χ1n) is 5.36. The number of carboxylic acids is 1. The molecule has 92 valence electrons. The van der Waals surface area contributed by atoms with Crippen molar-refractivity contribution in [2.75, 3.05) is 0 Å². The summed E-state index contributed by atoms with van der Waals surface area (Å²) in [7, 11) is 0. The Bertz CT molecular complexity index is 579. The number of hydrogen-bond acceptors (Lipinski definition) is 4. The lowest BCUT2D eigenvalue weighted by molar-refractivity contribution is 0.0690. The highest BCUT2D eigenvalue weighted by Crippen LogP contribution is 2.24. The minimum absolute atomic E-state index is 0.108. The van der Waals surface area contributed by atoms with Crippen molar-refractivity contribution in [2.24, 2.45) is 0 Å². The van der Waals surface area contributed by atoms with Crippen molar-refractivity contribution in [1.29, 1.82) is 0 Å². The normalized spacial score (nSPS) is 10.1. The number of aromatic nitrogens is 2. The minimum Gasteiger partial charge on any atom is -0.476 e. The Hall–Kier alpha value is -2.43. The van der Waals surface area contributed by atoms with Gasteiger partial charge in [-0.3, -0.25) is 0 Å². The average molecular weight is 244 g/mol. The monoisotopic (exact) mass is 244 g/mol. The van der Waals surface area contributed by atoms with Crippen LogP contribution in [0.5, 0.6) is 11.6 Å². The highest BCUT2D eigenvalue weighted by molar-refractivity contribution is 5.84. The lowest BCUT2D eigenvalue weighted by Crippen LogP contribution is -2.01. The molecule has 5 heteroatoms. The van der Waals surface area contributed by atoms with E-state index in [9.17, 15) is 4.79 Å². The molecule has 0 aliphatic carbocycles. The van der Waals surface area contributed by atoms with Crippen molar-refractivity contribution in [3.63, 3.8) is 0 Å². The maximum atomic E-state index is 10.6. The molecule has 0 atom stereocenters. The average Bonchev–Trinajstić information content (AvgIpc) is 2.34. The number of aromatic carboxylic acids is 1. The van der Waals surface area contributed by atoms with E-state index in [1.165, 1.54) is 12.4 Å². The number of hydrogen-bond donors (Lipinski definition) is 1. The Morgan fingerprint density at radius 2 is 2.00 bits per heavy atom. The number of carboxylic acid groups (broad SMARTS) is 1. The summed E-state index contributed by atoms with van der Waals surface area (Å²) in [5, 5.41) is 8.70. The van der Waals surface area contributed by atoms with E-state index >= 15 is 0 Å². The van der Waals surface area contributed by atoms with Gasteiger partial charge < -0.3 is 9.84 Å². The molecule has 1 heterocycles. The van der Waals surface area contributed by atoms with E-state index in [2.05, 4.69) is 9.97 Å². The van der Waals surface area contributed by atoms with Crippen LogP contribution in [-0.2, 0) is 0 Å². The Morgan fingerprint density at radius 1 is 1.22 bits per heavy atom. The fourth-order valence-electron chi connectivity index (χ4n) is 1.41. The number of aryl methyl sites for hydroxylation is 2. The first-order chi connectivity index (χ1) is 8.56. The van der Waals surface area contributed by atoms with Crippen LogP contribution in [0.15, 0.2) is 30.6 Å². The molecule has 0 unspecified atom stereocenters. The molecule has 0 spiro atoms. The smallest absolute Gasteiger partial charge is 0.356 e. The Balaban J connectivity index is 2.23. The van der Waals surface area contributed by atoms with Crippen LogP contribution >= 0.6 is 0 Å². The highest BCUT2D eigenvalue weighted by Gasteiger charge is 2.07. The lowest BCUT2D eigenvalue weighted by atomic mass is 10.1. The molecule has 1 aromatic carbocycles. The van der Waals surface area contributed by atoms with Crippen molar-refractivity contribution in [3.8, 4) is 11.6 Å². The zero-order valence-electron chi connectivity index (χ0n) is 10.0. The van der Waals surface area contributed by atoms with Crippen LogP contribution in [0.1, 0.15) is 21.6 Å². The second kappa shape index (κ2) is 4.83. The molecule has 0 fully saturated rings. The molecular weight excluding hydrogens is 232 g/mol. The second-order valence-corrected chi connectivity index (χ2v) is 3.92. The van der Waals surface area contributed by atoms with E-state index in [0.29, 0.717) is 5.75 Å². The highest BCUT2D eigenvalue weighted by atomic mass is 16.5. The van der Waals surface area contributed by atoms with Crippen molar-refractivity contribution < 1.29 is 14.6 Å². The zero-order chi connectivity index (χ0) is 13.1. The molecule has 0 bridgehead atoms. The second-order valence-electron chi connectivity index (χ2n) is 3.92. The molecule has 5 nitrogen and oxygen atoms in total. The van der Waals surface area contributed by atoms with Crippen LogP contribution in [0.3, 0.4) is 0 Å². The quantitative estimate of drug-likeness (QED) is 0.898. The third-order valence-electron chi connectivity index (χ3n) is 2.41. The summed E-state index contributed by atoms with van der Waals surface area (Å²) in [6.07, 6.45) is 2.47. The third kappa shape index (κ3) is 2.63. The minimum atomic E-state index is -1.11. The van der Waals surface area contributed by atoms with Gasteiger partial charge in [0.25, 0.3) is 0 Å². The number of carbonyl (C=O) groups is 1. The van der Waals surface area contributed by atoms with E-state index in [4.69, 9.17) is 9.84 Å². The topological polar surface area (TPSA) is 72.3 Å². The molecule has 0 amide bonds. The maximum absolute atomic E-state index is 10.6. The third-order valence-corrected chi connectivity index (χ3v) is 2.41. The fraction of sp³-hybridized carbons (Fsp3) is 0.154. The summed E-state index contributed by atoms with van der Waals surface area (Å²) in [6.45, 7) is 3.89. The van der Waals surface area contributed by atoms with Gasteiger partial charge in [0.1, 0.15) is 5.75 Å². The Kier molecular flexibility index (Phi) is 3.23. The first kappa shape index (κ1) is 12.0. The molecule has 1 N–H and O–H groups in total. The van der Waals surface area contributed by atoms with Crippen LogP contribution in [0.4, 0.5) is 0 Å². The number of benzene rings is 1. The van der Waals surface area contributed by atoms with Gasteiger partial charge in [0, 0.05) is 0 Å². The molecule has 0 saturated carbocycles. The van der Waals surface area contributed by atoms with E-state index < -0.39 is 5.97 Å². The predicted molar refractivity (Wildman–Crippen MR) is 65.0 cm³/mol. The molecule has 0 radical (unpaired) electrons. The molecule has 0 saturated heterocycles. The number of ether oxygens (including phenoxy) is 1. The molecular formula is C13H12N2O3. The van der Waals surface area contributed by atoms with Crippen LogP contribution in [0.25, 0.3) is 0 Å². The molecule has 0 aliphatic rings. The van der Waals surface area contributed by atoms with Gasteiger partial charge in [0.05, 0.1) is 12.4 Å². The molecule has 0 aliphatic heterocycles. The summed E-state index contributed by atoms with van der Waals surface area (Å²) in [5.41, 5.74) is 1.94. The maximum Gasteiger partial charge on any atom is 0.356 e. The van der Waals surface area contributed by atoms with Gasteiger partial charge in [-0.25, -0.2) is 14.8 Å². The van der Waals surface area contributed by atoms with Crippen LogP contribution in [-0.4, -0.2) is 21.0 Å². The fourth-order valence-corrected chi connectivity index (χ4v) is 1.41. The largest absolute Gasteiger partial charge is 0.476 e. The predicted octanol–water partition coefficient (Wildman–Crippen LogP) is 2.58. The van der Waals surface area contributed by atoms with Crippen LogP contribution in [0, 0.1) is 13.8 Å². The first-order valence-corrected chi connectivity index (χ1v) is 5.36. The van der Waals surface area contributed by atoms with Crippen LogP contribution < -0.4 is 4.74 Å². The van der Waals surface area contributed by atoms with Crippen molar-refractivity contribution in [1.82, 2.24) is 9.97 Å². The van der Waals surface area contributed by atoms with Crippen molar-refractivity contribution in [3.05, 3.63) is 47.4 Å². The number of nitrogens with zero attached hydrogens (tertiary/aromatic N) is 2. The van der Waals surface area contributed by atoms with Gasteiger partial charge in [-0.1, -0.05) is 12.1 Å². The molecule has 18 heavy (non-hydrogen) atoms. The standard InChI is InChI=1S/C13H12N2O3/c1-8-3-4-9(2)11(5-8)18-12-7-14-10(6-15-12)13(16)17/h3-7H,1-2H3,(H,16,17). The SMILES string of the molecule is Cc1ccc(C)c(Oc2cnc(C(=O)O)cn2)c1. The van der Waals surface area contributed by atoms with Gasteiger partial charge >= 0.3 is 5.97 Å². The Morgan fingerprint density at radius 3 is 2.61 bits per heavy atom. The summed E-state index contributed by atoms with van der Waals surface area (Å²) in [4.78, 5) is 18.3. The summed E-state index contributed by atoms with van der Waals surface area (Å²) in [5.74, 6) is -0.151. The summed E-state index contributed by atoms with van der Waals surface area (Å²) >= 11 is 0. The van der Waals surface area contributed by atoms with Gasteiger partial charge in [-0.05, 0) is 31.0 Å². The van der Waals surface area contributed by atoms with Gasteiger partial charge in [0.2, 0.25) is 5.88 Å². The van der Waals surface area contributed by atoms with Crippen molar-refractivity contribution >= 4 is 5.97 Å². The van der Waals surface area contributed by atoms with Gasteiger partial charge in [0.15, 0.2) is 5.69 Å². The van der Waals surface area contributed by atoms with Crippen molar-refractivity contribution in [2.45, 2.75) is 13.8 Å². The molecule has 1 aromatic heterocycles. The summed E-state index contributed by atoms with van der Waals surface area (Å²) < 4.78 is 5.56. The van der Waals surface area contributed by atoms with E-state index in [1.54, 1.807) is 0 Å². The van der Waals surface area contributed by atoms with E-state index in [1.807, 2.05) is 32.0 Å². The molecule has 2 aromatic rings. The van der Waals surface area contributed by atoms with E-state index in [0.717, 1.165) is 11.1 Å².